The predicted molar refractivity (Wildman–Crippen MR) is 115 cm³/mol. The van der Waals surface area contributed by atoms with Gasteiger partial charge in [0.25, 0.3) is 0 Å². The molecule has 1 aliphatic rings. The van der Waals surface area contributed by atoms with E-state index >= 15 is 0 Å². The SMILES string of the molecule is Cn1cc(-c2cnc3ccc(N(CC4CC4)c4cccc(OC(F)F)c4)cc3n2)cn1. The van der Waals surface area contributed by atoms with E-state index in [1.54, 1.807) is 29.2 Å². The van der Waals surface area contributed by atoms with E-state index in [2.05, 4.69) is 19.7 Å². The number of aryl methyl sites for hydroxylation is 1. The monoisotopic (exact) mass is 421 g/mol. The predicted octanol–water partition coefficient (Wildman–Crippen LogP) is 5.18. The second-order valence-electron chi connectivity index (χ2n) is 7.76. The van der Waals surface area contributed by atoms with Gasteiger partial charge in [-0.3, -0.25) is 9.67 Å². The van der Waals surface area contributed by atoms with Crippen LogP contribution in [0.3, 0.4) is 0 Å². The van der Waals surface area contributed by atoms with E-state index < -0.39 is 6.61 Å². The number of halogens is 2. The van der Waals surface area contributed by atoms with Crippen molar-refractivity contribution in [2.75, 3.05) is 11.4 Å². The van der Waals surface area contributed by atoms with Gasteiger partial charge in [0.2, 0.25) is 0 Å². The zero-order valence-electron chi connectivity index (χ0n) is 16.9. The number of benzene rings is 2. The molecule has 0 unspecified atom stereocenters. The smallest absolute Gasteiger partial charge is 0.387 e. The number of rotatable bonds is 7. The van der Waals surface area contributed by atoms with Crippen molar-refractivity contribution in [3.8, 4) is 17.0 Å². The molecule has 1 fully saturated rings. The van der Waals surface area contributed by atoms with Gasteiger partial charge in [-0.15, -0.1) is 0 Å². The number of anilines is 2. The number of aromatic nitrogens is 4. The number of nitrogens with zero attached hydrogens (tertiary/aromatic N) is 5. The van der Waals surface area contributed by atoms with E-state index in [0.29, 0.717) is 5.92 Å². The Hall–Kier alpha value is -3.55. The third-order valence-electron chi connectivity index (χ3n) is 5.33. The molecule has 0 radical (unpaired) electrons. The average molecular weight is 421 g/mol. The highest BCUT2D eigenvalue weighted by Gasteiger charge is 2.26. The second kappa shape index (κ2) is 7.94. The molecule has 6 nitrogen and oxygen atoms in total. The van der Waals surface area contributed by atoms with Gasteiger partial charge in [-0.25, -0.2) is 4.98 Å². The van der Waals surface area contributed by atoms with Gasteiger partial charge in [0.15, 0.2) is 0 Å². The maximum atomic E-state index is 12.7. The van der Waals surface area contributed by atoms with E-state index in [0.717, 1.165) is 40.2 Å². The lowest BCUT2D eigenvalue weighted by molar-refractivity contribution is -0.0498. The molecule has 0 saturated heterocycles. The quantitative estimate of drug-likeness (QED) is 0.412. The van der Waals surface area contributed by atoms with Gasteiger partial charge in [-0.05, 0) is 49.1 Å². The van der Waals surface area contributed by atoms with Gasteiger partial charge in [-0.1, -0.05) is 6.07 Å². The Morgan fingerprint density at radius 2 is 1.94 bits per heavy atom. The van der Waals surface area contributed by atoms with Crippen LogP contribution >= 0.6 is 0 Å². The molecule has 158 valence electrons. The minimum Gasteiger partial charge on any atom is -0.435 e. The zero-order chi connectivity index (χ0) is 21.4. The van der Waals surface area contributed by atoms with Gasteiger partial charge in [0, 0.05) is 42.8 Å². The summed E-state index contributed by atoms with van der Waals surface area (Å²) in [6.07, 6.45) is 7.73. The van der Waals surface area contributed by atoms with Crippen LogP contribution in [0.4, 0.5) is 20.2 Å². The molecule has 2 aromatic heterocycles. The minimum absolute atomic E-state index is 0.146. The molecule has 0 atom stereocenters. The third kappa shape index (κ3) is 4.33. The standard InChI is InChI=1S/C23H21F2N5O/c1-29-14-16(11-27-29)22-12-26-20-8-7-18(10-21(20)28-22)30(13-15-5-6-15)17-3-2-4-19(9-17)31-23(24)25/h2-4,7-12,14-15,23H,5-6,13H2,1H3. The molecule has 31 heavy (non-hydrogen) atoms. The van der Waals surface area contributed by atoms with Gasteiger partial charge in [0.1, 0.15) is 5.75 Å². The van der Waals surface area contributed by atoms with Crippen molar-refractivity contribution < 1.29 is 13.5 Å². The first-order valence-corrected chi connectivity index (χ1v) is 10.1. The minimum atomic E-state index is -2.85. The lowest BCUT2D eigenvalue weighted by atomic mass is 10.2. The highest BCUT2D eigenvalue weighted by atomic mass is 19.3. The molecule has 5 rings (SSSR count). The first-order valence-electron chi connectivity index (χ1n) is 10.1. The first kappa shape index (κ1) is 19.4. The van der Waals surface area contributed by atoms with Crippen molar-refractivity contribution in [3.05, 3.63) is 61.1 Å². The van der Waals surface area contributed by atoms with E-state index in [-0.39, 0.29) is 5.75 Å². The molecule has 0 spiro atoms. The Morgan fingerprint density at radius 1 is 1.10 bits per heavy atom. The van der Waals surface area contributed by atoms with Crippen LogP contribution in [0.2, 0.25) is 0 Å². The van der Waals surface area contributed by atoms with Crippen LogP contribution in [0.15, 0.2) is 61.1 Å². The summed E-state index contributed by atoms with van der Waals surface area (Å²) in [6.45, 7) is -2.05. The number of hydrogen-bond donors (Lipinski definition) is 0. The Morgan fingerprint density at radius 3 is 2.68 bits per heavy atom. The zero-order valence-corrected chi connectivity index (χ0v) is 16.9. The van der Waals surface area contributed by atoms with Crippen LogP contribution in [0, 0.1) is 5.92 Å². The summed E-state index contributed by atoms with van der Waals surface area (Å²) in [5, 5.41) is 4.20. The summed E-state index contributed by atoms with van der Waals surface area (Å²) in [6, 6.07) is 12.7. The van der Waals surface area contributed by atoms with Crippen LogP contribution in [-0.2, 0) is 7.05 Å². The van der Waals surface area contributed by atoms with Crippen molar-refractivity contribution in [2.24, 2.45) is 13.0 Å². The van der Waals surface area contributed by atoms with E-state index in [9.17, 15) is 8.78 Å². The fourth-order valence-electron chi connectivity index (χ4n) is 3.61. The highest BCUT2D eigenvalue weighted by Crippen LogP contribution is 2.37. The molecule has 2 aromatic carbocycles. The Labute approximate surface area is 178 Å². The summed E-state index contributed by atoms with van der Waals surface area (Å²) in [5.41, 5.74) is 4.94. The summed E-state index contributed by atoms with van der Waals surface area (Å²) in [7, 11) is 1.86. The molecule has 4 aromatic rings. The number of ether oxygens (including phenoxy) is 1. The third-order valence-corrected chi connectivity index (χ3v) is 5.33. The molecule has 0 bridgehead atoms. The van der Waals surface area contributed by atoms with Crippen LogP contribution in [0.1, 0.15) is 12.8 Å². The molecule has 0 amide bonds. The summed E-state index contributed by atoms with van der Waals surface area (Å²) in [4.78, 5) is 11.5. The Bertz CT molecular complexity index is 1220. The molecule has 1 saturated carbocycles. The topological polar surface area (TPSA) is 56.1 Å². The van der Waals surface area contributed by atoms with E-state index in [1.165, 1.54) is 18.9 Å². The fraction of sp³-hybridized carbons (Fsp3) is 0.261. The van der Waals surface area contributed by atoms with Gasteiger partial charge in [0.05, 0.1) is 29.1 Å². The highest BCUT2D eigenvalue weighted by molar-refractivity contribution is 5.82. The van der Waals surface area contributed by atoms with E-state index in [4.69, 9.17) is 4.98 Å². The van der Waals surface area contributed by atoms with E-state index in [1.807, 2.05) is 37.5 Å². The number of fused-ring (bicyclic) bond motifs is 1. The lowest BCUT2D eigenvalue weighted by Gasteiger charge is -2.26. The summed E-state index contributed by atoms with van der Waals surface area (Å²) < 4.78 is 31.7. The normalized spacial score (nSPS) is 13.7. The molecular weight excluding hydrogens is 400 g/mol. The molecule has 0 aliphatic heterocycles. The Kier molecular flexibility index (Phi) is 4.97. The fourth-order valence-corrected chi connectivity index (χ4v) is 3.61. The number of hydrogen-bond acceptors (Lipinski definition) is 5. The maximum Gasteiger partial charge on any atom is 0.387 e. The van der Waals surface area contributed by atoms with Crippen molar-refractivity contribution in [3.63, 3.8) is 0 Å². The second-order valence-corrected chi connectivity index (χ2v) is 7.76. The largest absolute Gasteiger partial charge is 0.435 e. The summed E-state index contributed by atoms with van der Waals surface area (Å²) >= 11 is 0. The molecular formula is C23H21F2N5O. The maximum absolute atomic E-state index is 12.7. The van der Waals surface area contributed by atoms with Crippen LogP contribution in [0.5, 0.6) is 5.75 Å². The Balaban J connectivity index is 1.53. The van der Waals surface area contributed by atoms with Crippen LogP contribution < -0.4 is 9.64 Å². The molecule has 1 aliphatic carbocycles. The van der Waals surface area contributed by atoms with Crippen molar-refractivity contribution >= 4 is 22.4 Å². The van der Waals surface area contributed by atoms with Gasteiger partial charge in [-0.2, -0.15) is 13.9 Å². The molecule has 2 heterocycles. The van der Waals surface area contributed by atoms with Crippen molar-refractivity contribution in [1.82, 2.24) is 19.7 Å². The number of alkyl halides is 2. The van der Waals surface area contributed by atoms with Crippen LogP contribution in [0.25, 0.3) is 22.3 Å². The van der Waals surface area contributed by atoms with Crippen molar-refractivity contribution in [1.29, 1.82) is 0 Å². The first-order chi connectivity index (χ1) is 15.0. The van der Waals surface area contributed by atoms with Crippen molar-refractivity contribution in [2.45, 2.75) is 19.5 Å². The molecule has 0 N–H and O–H groups in total. The van der Waals surface area contributed by atoms with Crippen LogP contribution in [-0.4, -0.2) is 32.9 Å². The average Bonchev–Trinajstić information content (AvgIpc) is 3.48. The summed E-state index contributed by atoms with van der Waals surface area (Å²) in [5.74, 6) is 0.732. The lowest BCUT2D eigenvalue weighted by Crippen LogP contribution is -2.20. The van der Waals surface area contributed by atoms with Gasteiger partial charge >= 0.3 is 6.61 Å². The molecule has 8 heteroatoms. The van der Waals surface area contributed by atoms with Gasteiger partial charge < -0.3 is 9.64 Å².